The van der Waals surface area contributed by atoms with Crippen LogP contribution in [0.5, 0.6) is 0 Å². The van der Waals surface area contributed by atoms with Crippen molar-refractivity contribution in [3.05, 3.63) is 0 Å². The molecule has 0 aromatic rings. The summed E-state index contributed by atoms with van der Waals surface area (Å²) in [6, 6.07) is 0.0103. The molecule has 1 saturated heterocycles. The zero-order valence-corrected chi connectivity index (χ0v) is 11.0. The summed E-state index contributed by atoms with van der Waals surface area (Å²) in [5, 5.41) is 12.2. The Labute approximate surface area is 106 Å². The molecule has 1 unspecified atom stereocenters. The number of amides is 2. The van der Waals surface area contributed by atoms with E-state index in [9.17, 15) is 19.5 Å². The third-order valence-corrected chi connectivity index (χ3v) is 3.07. The Kier molecular flexibility index (Phi) is 4.45. The molecule has 1 heterocycles. The molecule has 0 aliphatic carbocycles. The number of carbonyl (C=O) groups excluding carboxylic acids is 2. The summed E-state index contributed by atoms with van der Waals surface area (Å²) in [7, 11) is 0. The fourth-order valence-electron chi connectivity index (χ4n) is 2.09. The van der Waals surface area contributed by atoms with Gasteiger partial charge in [0.05, 0.1) is 0 Å². The molecule has 6 heteroatoms. The van der Waals surface area contributed by atoms with E-state index in [-0.39, 0.29) is 43.7 Å². The Balaban J connectivity index is 2.65. The van der Waals surface area contributed by atoms with Gasteiger partial charge in [0, 0.05) is 25.4 Å². The molecule has 1 fully saturated rings. The molecule has 0 spiro atoms. The van der Waals surface area contributed by atoms with E-state index in [4.69, 9.17) is 0 Å². The SMILES string of the molecule is CC(C)NC(C)(CCN1C(=O)CCC1=O)C(=O)O. The van der Waals surface area contributed by atoms with Crippen molar-refractivity contribution >= 4 is 17.8 Å². The molecule has 18 heavy (non-hydrogen) atoms. The highest BCUT2D eigenvalue weighted by molar-refractivity contribution is 6.01. The van der Waals surface area contributed by atoms with E-state index in [1.807, 2.05) is 13.8 Å². The molecule has 0 aromatic heterocycles. The largest absolute Gasteiger partial charge is 0.480 e. The topological polar surface area (TPSA) is 86.7 Å². The van der Waals surface area contributed by atoms with Gasteiger partial charge in [-0.3, -0.25) is 24.6 Å². The lowest BCUT2D eigenvalue weighted by Crippen LogP contribution is -2.54. The minimum absolute atomic E-state index is 0.0103. The lowest BCUT2D eigenvalue weighted by molar-refractivity contribution is -0.147. The first-order chi connectivity index (χ1) is 8.26. The monoisotopic (exact) mass is 256 g/mol. The zero-order valence-electron chi connectivity index (χ0n) is 11.0. The maximum absolute atomic E-state index is 11.4. The van der Waals surface area contributed by atoms with Gasteiger partial charge in [-0.2, -0.15) is 0 Å². The van der Waals surface area contributed by atoms with Crippen molar-refractivity contribution < 1.29 is 19.5 Å². The van der Waals surface area contributed by atoms with E-state index < -0.39 is 11.5 Å². The predicted octanol–water partition coefficient (Wildman–Crippen LogP) is 0.367. The number of nitrogens with one attached hydrogen (secondary N) is 1. The van der Waals surface area contributed by atoms with Crippen LogP contribution >= 0.6 is 0 Å². The van der Waals surface area contributed by atoms with E-state index in [1.54, 1.807) is 6.92 Å². The molecule has 1 aliphatic rings. The van der Waals surface area contributed by atoms with Gasteiger partial charge < -0.3 is 5.11 Å². The first-order valence-corrected chi connectivity index (χ1v) is 6.10. The summed E-state index contributed by atoms with van der Waals surface area (Å²) in [4.78, 5) is 35.3. The first-order valence-electron chi connectivity index (χ1n) is 6.10. The molecule has 2 amide bonds. The molecule has 2 N–H and O–H groups in total. The molecule has 0 bridgehead atoms. The second-order valence-electron chi connectivity index (χ2n) is 5.13. The minimum atomic E-state index is -1.13. The second kappa shape index (κ2) is 5.48. The van der Waals surface area contributed by atoms with Crippen molar-refractivity contribution in [1.82, 2.24) is 10.2 Å². The Morgan fingerprint density at radius 3 is 2.28 bits per heavy atom. The number of likely N-dealkylation sites (tertiary alicyclic amines) is 1. The number of carboxylic acid groups (broad SMARTS) is 1. The van der Waals surface area contributed by atoms with E-state index in [1.165, 1.54) is 0 Å². The maximum Gasteiger partial charge on any atom is 0.323 e. The van der Waals surface area contributed by atoms with Crippen molar-refractivity contribution in [2.24, 2.45) is 0 Å². The Hall–Kier alpha value is -1.43. The lowest BCUT2D eigenvalue weighted by Gasteiger charge is -2.30. The summed E-state index contributed by atoms with van der Waals surface area (Å²) in [6.45, 7) is 5.43. The third-order valence-electron chi connectivity index (χ3n) is 3.07. The molecular formula is C12H20N2O4. The normalized spacial score (nSPS) is 19.4. The number of hydrogen-bond acceptors (Lipinski definition) is 4. The van der Waals surface area contributed by atoms with E-state index in [2.05, 4.69) is 5.32 Å². The van der Waals surface area contributed by atoms with E-state index >= 15 is 0 Å². The highest BCUT2D eigenvalue weighted by Crippen LogP contribution is 2.17. The van der Waals surface area contributed by atoms with Crippen LogP contribution in [0, 0.1) is 0 Å². The van der Waals surface area contributed by atoms with Crippen LogP contribution in [0.15, 0.2) is 0 Å². The standard InChI is InChI=1S/C12H20N2O4/c1-8(2)13-12(3,11(17)18)6-7-14-9(15)4-5-10(14)16/h8,13H,4-7H2,1-3H3,(H,17,18). The van der Waals surface area contributed by atoms with Crippen LogP contribution < -0.4 is 5.32 Å². The molecule has 0 radical (unpaired) electrons. The van der Waals surface area contributed by atoms with Crippen LogP contribution in [0.3, 0.4) is 0 Å². The van der Waals surface area contributed by atoms with Gasteiger partial charge in [-0.15, -0.1) is 0 Å². The molecule has 6 nitrogen and oxygen atoms in total. The summed E-state index contributed by atoms with van der Waals surface area (Å²) >= 11 is 0. The van der Waals surface area contributed by atoms with Crippen LogP contribution in [-0.2, 0) is 14.4 Å². The van der Waals surface area contributed by atoms with Crippen molar-refractivity contribution in [1.29, 1.82) is 0 Å². The summed E-state index contributed by atoms with van der Waals surface area (Å²) in [5.74, 6) is -1.40. The fraction of sp³-hybridized carbons (Fsp3) is 0.750. The summed E-state index contributed by atoms with van der Waals surface area (Å²) in [5.41, 5.74) is -1.13. The first kappa shape index (κ1) is 14.6. The van der Waals surface area contributed by atoms with Crippen LogP contribution in [-0.4, -0.2) is 45.9 Å². The number of nitrogens with zero attached hydrogens (tertiary/aromatic N) is 1. The molecular weight excluding hydrogens is 236 g/mol. The highest BCUT2D eigenvalue weighted by atomic mass is 16.4. The van der Waals surface area contributed by atoms with E-state index in [0.29, 0.717) is 0 Å². The molecule has 0 aromatic carbocycles. The number of carboxylic acids is 1. The number of hydrogen-bond donors (Lipinski definition) is 2. The predicted molar refractivity (Wildman–Crippen MR) is 64.9 cm³/mol. The van der Waals surface area contributed by atoms with Gasteiger partial charge in [-0.25, -0.2) is 0 Å². The number of aliphatic carboxylic acids is 1. The lowest BCUT2D eigenvalue weighted by atomic mass is 9.96. The fourth-order valence-corrected chi connectivity index (χ4v) is 2.09. The third kappa shape index (κ3) is 3.29. The Morgan fingerprint density at radius 1 is 1.39 bits per heavy atom. The van der Waals surface area contributed by atoms with Crippen molar-refractivity contribution in [2.45, 2.75) is 51.6 Å². The van der Waals surface area contributed by atoms with Crippen molar-refractivity contribution in [3.63, 3.8) is 0 Å². The van der Waals surface area contributed by atoms with Gasteiger partial charge in [0.25, 0.3) is 0 Å². The van der Waals surface area contributed by atoms with Gasteiger partial charge in [0.15, 0.2) is 0 Å². The van der Waals surface area contributed by atoms with Crippen molar-refractivity contribution in [3.8, 4) is 0 Å². The molecule has 1 atom stereocenters. The summed E-state index contributed by atoms with van der Waals surface area (Å²) < 4.78 is 0. The van der Waals surface area contributed by atoms with Crippen LogP contribution in [0.1, 0.15) is 40.0 Å². The smallest absolute Gasteiger partial charge is 0.323 e. The summed E-state index contributed by atoms with van der Waals surface area (Å²) in [6.07, 6.45) is 0.679. The van der Waals surface area contributed by atoms with E-state index in [0.717, 1.165) is 4.90 Å². The van der Waals surface area contributed by atoms with Crippen LogP contribution in [0.4, 0.5) is 0 Å². The van der Waals surface area contributed by atoms with Crippen LogP contribution in [0.2, 0.25) is 0 Å². The Bertz CT molecular complexity index is 351. The maximum atomic E-state index is 11.4. The number of rotatable bonds is 6. The zero-order chi connectivity index (χ0) is 13.9. The molecule has 1 aliphatic heterocycles. The van der Waals surface area contributed by atoms with Gasteiger partial charge in [0.1, 0.15) is 5.54 Å². The quantitative estimate of drug-likeness (QED) is 0.670. The second-order valence-corrected chi connectivity index (χ2v) is 5.13. The minimum Gasteiger partial charge on any atom is -0.480 e. The van der Waals surface area contributed by atoms with Gasteiger partial charge >= 0.3 is 5.97 Å². The highest BCUT2D eigenvalue weighted by Gasteiger charge is 2.36. The number of carbonyl (C=O) groups is 3. The average Bonchev–Trinajstić information content (AvgIpc) is 2.55. The van der Waals surface area contributed by atoms with Gasteiger partial charge in [0.2, 0.25) is 11.8 Å². The average molecular weight is 256 g/mol. The Morgan fingerprint density at radius 2 is 1.89 bits per heavy atom. The van der Waals surface area contributed by atoms with Crippen LogP contribution in [0.25, 0.3) is 0 Å². The number of imide groups is 1. The van der Waals surface area contributed by atoms with Crippen molar-refractivity contribution in [2.75, 3.05) is 6.54 Å². The molecule has 102 valence electrons. The molecule has 1 rings (SSSR count). The van der Waals surface area contributed by atoms with Gasteiger partial charge in [-0.1, -0.05) is 0 Å². The van der Waals surface area contributed by atoms with Gasteiger partial charge in [-0.05, 0) is 27.2 Å². The molecule has 0 saturated carbocycles.